The highest BCUT2D eigenvalue weighted by atomic mass is 79.9. The SMILES string of the molecule is Cc1ccc(OCCCC(=O)N/N=C/c2cccc(Br)c2)c(Br)c1. The predicted octanol–water partition coefficient (Wildman–Crippen LogP) is 4.83. The van der Waals surface area contributed by atoms with Gasteiger partial charge in [0.2, 0.25) is 5.91 Å². The van der Waals surface area contributed by atoms with Crippen LogP contribution in [0.2, 0.25) is 0 Å². The van der Waals surface area contributed by atoms with Crippen LogP contribution in [-0.4, -0.2) is 18.7 Å². The number of rotatable bonds is 7. The van der Waals surface area contributed by atoms with Crippen LogP contribution < -0.4 is 10.2 Å². The molecule has 0 unspecified atom stereocenters. The normalized spacial score (nSPS) is 10.8. The smallest absolute Gasteiger partial charge is 0.240 e. The molecule has 2 rings (SSSR count). The van der Waals surface area contributed by atoms with E-state index in [1.165, 1.54) is 0 Å². The van der Waals surface area contributed by atoms with Crippen molar-refractivity contribution in [2.24, 2.45) is 5.10 Å². The van der Waals surface area contributed by atoms with Gasteiger partial charge in [-0.05, 0) is 64.7 Å². The third-order valence-corrected chi connectivity index (χ3v) is 4.26. The van der Waals surface area contributed by atoms with Crippen molar-refractivity contribution in [3.63, 3.8) is 0 Å². The lowest BCUT2D eigenvalue weighted by atomic mass is 10.2. The van der Waals surface area contributed by atoms with Crippen molar-refractivity contribution >= 4 is 44.0 Å². The molecule has 4 nitrogen and oxygen atoms in total. The Morgan fingerprint density at radius 2 is 2.08 bits per heavy atom. The summed E-state index contributed by atoms with van der Waals surface area (Å²) in [5.41, 5.74) is 4.60. The molecule has 0 heterocycles. The molecule has 0 aliphatic heterocycles. The molecule has 126 valence electrons. The first-order valence-corrected chi connectivity index (χ1v) is 9.09. The van der Waals surface area contributed by atoms with E-state index >= 15 is 0 Å². The summed E-state index contributed by atoms with van der Waals surface area (Å²) in [6, 6.07) is 13.6. The fourth-order valence-corrected chi connectivity index (χ4v) is 2.98. The Morgan fingerprint density at radius 1 is 1.25 bits per heavy atom. The first-order chi connectivity index (χ1) is 11.5. The van der Waals surface area contributed by atoms with Crippen LogP contribution in [0.15, 0.2) is 56.5 Å². The lowest BCUT2D eigenvalue weighted by molar-refractivity contribution is -0.121. The van der Waals surface area contributed by atoms with Crippen molar-refractivity contribution < 1.29 is 9.53 Å². The van der Waals surface area contributed by atoms with Crippen LogP contribution in [0.1, 0.15) is 24.0 Å². The molecular formula is C18H18Br2N2O2. The Bertz CT molecular complexity index is 733. The van der Waals surface area contributed by atoms with E-state index in [4.69, 9.17) is 4.74 Å². The number of aryl methyl sites for hydroxylation is 1. The molecule has 0 saturated carbocycles. The zero-order valence-electron chi connectivity index (χ0n) is 13.3. The van der Waals surface area contributed by atoms with Gasteiger partial charge in [0, 0.05) is 10.9 Å². The average molecular weight is 454 g/mol. The summed E-state index contributed by atoms with van der Waals surface area (Å²) in [5, 5.41) is 3.95. The van der Waals surface area contributed by atoms with Gasteiger partial charge in [0.25, 0.3) is 0 Å². The molecule has 0 radical (unpaired) electrons. The van der Waals surface area contributed by atoms with Gasteiger partial charge in [-0.2, -0.15) is 5.10 Å². The van der Waals surface area contributed by atoms with Gasteiger partial charge in [-0.25, -0.2) is 5.43 Å². The minimum absolute atomic E-state index is 0.132. The van der Waals surface area contributed by atoms with Crippen molar-refractivity contribution in [3.8, 4) is 5.75 Å². The van der Waals surface area contributed by atoms with Crippen LogP contribution >= 0.6 is 31.9 Å². The topological polar surface area (TPSA) is 50.7 Å². The minimum atomic E-state index is -0.132. The Hall–Kier alpha value is -1.66. The fraction of sp³-hybridized carbons (Fsp3) is 0.222. The van der Waals surface area contributed by atoms with E-state index in [-0.39, 0.29) is 5.91 Å². The number of hydrazone groups is 1. The summed E-state index contributed by atoms with van der Waals surface area (Å²) in [6.07, 6.45) is 2.60. The highest BCUT2D eigenvalue weighted by Crippen LogP contribution is 2.25. The maximum atomic E-state index is 11.7. The number of nitrogens with one attached hydrogen (secondary N) is 1. The first-order valence-electron chi connectivity index (χ1n) is 7.51. The van der Waals surface area contributed by atoms with E-state index in [0.29, 0.717) is 19.4 Å². The van der Waals surface area contributed by atoms with Crippen LogP contribution in [0.25, 0.3) is 0 Å². The molecular weight excluding hydrogens is 436 g/mol. The van der Waals surface area contributed by atoms with Crippen LogP contribution in [0.5, 0.6) is 5.75 Å². The largest absolute Gasteiger partial charge is 0.492 e. The fourth-order valence-electron chi connectivity index (χ4n) is 1.96. The molecule has 2 aromatic rings. The number of carbonyl (C=O) groups excluding carboxylic acids is 1. The van der Waals surface area contributed by atoms with Crippen molar-refractivity contribution in [3.05, 3.63) is 62.5 Å². The van der Waals surface area contributed by atoms with Crippen LogP contribution in [-0.2, 0) is 4.79 Å². The number of hydrogen-bond donors (Lipinski definition) is 1. The van der Waals surface area contributed by atoms with Gasteiger partial charge in [0.05, 0.1) is 17.3 Å². The number of amides is 1. The second-order valence-electron chi connectivity index (χ2n) is 5.23. The van der Waals surface area contributed by atoms with Crippen LogP contribution in [0.4, 0.5) is 0 Å². The van der Waals surface area contributed by atoms with E-state index in [2.05, 4.69) is 42.4 Å². The quantitative estimate of drug-likeness (QED) is 0.370. The van der Waals surface area contributed by atoms with Gasteiger partial charge in [-0.1, -0.05) is 34.1 Å². The summed E-state index contributed by atoms with van der Waals surface area (Å²) in [4.78, 5) is 11.7. The molecule has 6 heteroatoms. The third kappa shape index (κ3) is 6.45. The summed E-state index contributed by atoms with van der Waals surface area (Å²) in [6.45, 7) is 2.50. The van der Waals surface area contributed by atoms with Gasteiger partial charge in [0.15, 0.2) is 0 Å². The molecule has 0 fully saturated rings. The molecule has 0 aliphatic rings. The molecule has 0 saturated heterocycles. The molecule has 0 aliphatic carbocycles. The molecule has 0 bridgehead atoms. The standard InChI is InChI=1S/C18H18Br2N2O2/c1-13-7-8-17(16(20)10-13)24-9-3-6-18(23)22-21-12-14-4-2-5-15(19)11-14/h2,4-5,7-8,10-12H,3,6,9H2,1H3,(H,22,23)/b21-12+. The highest BCUT2D eigenvalue weighted by Gasteiger charge is 2.03. The monoisotopic (exact) mass is 452 g/mol. The summed E-state index contributed by atoms with van der Waals surface area (Å²) < 4.78 is 7.55. The third-order valence-electron chi connectivity index (χ3n) is 3.14. The zero-order valence-corrected chi connectivity index (χ0v) is 16.4. The predicted molar refractivity (Wildman–Crippen MR) is 103 cm³/mol. The van der Waals surface area contributed by atoms with Crippen molar-refractivity contribution in [1.29, 1.82) is 0 Å². The number of halogens is 2. The van der Waals surface area contributed by atoms with Crippen molar-refractivity contribution in [2.45, 2.75) is 19.8 Å². The molecule has 1 N–H and O–H groups in total. The van der Waals surface area contributed by atoms with E-state index < -0.39 is 0 Å². The second-order valence-corrected chi connectivity index (χ2v) is 7.00. The van der Waals surface area contributed by atoms with E-state index in [9.17, 15) is 4.79 Å². The number of ether oxygens (including phenoxy) is 1. The van der Waals surface area contributed by atoms with Crippen molar-refractivity contribution in [1.82, 2.24) is 5.43 Å². The zero-order chi connectivity index (χ0) is 17.4. The lowest BCUT2D eigenvalue weighted by Crippen LogP contribution is -2.18. The van der Waals surface area contributed by atoms with Crippen LogP contribution in [0.3, 0.4) is 0 Å². The number of carbonyl (C=O) groups is 1. The maximum Gasteiger partial charge on any atom is 0.240 e. The van der Waals surface area contributed by atoms with Crippen molar-refractivity contribution in [2.75, 3.05) is 6.61 Å². The Labute approximate surface area is 158 Å². The van der Waals surface area contributed by atoms with Gasteiger partial charge in [0.1, 0.15) is 5.75 Å². The number of nitrogens with zero attached hydrogens (tertiary/aromatic N) is 1. The minimum Gasteiger partial charge on any atom is -0.492 e. The number of benzene rings is 2. The van der Waals surface area contributed by atoms with Gasteiger partial charge >= 0.3 is 0 Å². The molecule has 0 atom stereocenters. The molecule has 1 amide bonds. The van der Waals surface area contributed by atoms with E-state index in [0.717, 1.165) is 25.8 Å². The van der Waals surface area contributed by atoms with E-state index in [1.54, 1.807) is 6.21 Å². The molecule has 0 aromatic heterocycles. The second kappa shape index (κ2) is 9.59. The van der Waals surface area contributed by atoms with E-state index in [1.807, 2.05) is 49.4 Å². The van der Waals surface area contributed by atoms with Gasteiger partial charge in [-0.3, -0.25) is 4.79 Å². The number of hydrogen-bond acceptors (Lipinski definition) is 3. The Morgan fingerprint density at radius 3 is 2.83 bits per heavy atom. The van der Waals surface area contributed by atoms with Gasteiger partial charge in [-0.15, -0.1) is 0 Å². The van der Waals surface area contributed by atoms with Crippen LogP contribution in [0, 0.1) is 6.92 Å². The Balaban J connectivity index is 1.68. The average Bonchev–Trinajstić information content (AvgIpc) is 2.53. The first kappa shape index (κ1) is 18.7. The lowest BCUT2D eigenvalue weighted by Gasteiger charge is -2.08. The van der Waals surface area contributed by atoms with Gasteiger partial charge < -0.3 is 4.74 Å². The summed E-state index contributed by atoms with van der Waals surface area (Å²) >= 11 is 6.85. The molecule has 2 aromatic carbocycles. The summed E-state index contributed by atoms with van der Waals surface area (Å²) in [5.74, 6) is 0.654. The summed E-state index contributed by atoms with van der Waals surface area (Å²) in [7, 11) is 0. The highest BCUT2D eigenvalue weighted by molar-refractivity contribution is 9.10. The molecule has 24 heavy (non-hydrogen) atoms. The Kier molecular flexibility index (Phi) is 7.46. The maximum absolute atomic E-state index is 11.7. The molecule has 0 spiro atoms.